The Labute approximate surface area is 152 Å². The summed E-state index contributed by atoms with van der Waals surface area (Å²) in [5.41, 5.74) is 2.84. The molecule has 130 valence electrons. The maximum absolute atomic E-state index is 12.5. The molecule has 0 aliphatic rings. The van der Waals surface area contributed by atoms with Gasteiger partial charge in [0.15, 0.2) is 0 Å². The quantitative estimate of drug-likeness (QED) is 0.730. The van der Waals surface area contributed by atoms with E-state index in [1.165, 1.54) is 0 Å². The fourth-order valence-electron chi connectivity index (χ4n) is 2.54. The molecule has 2 amide bonds. The number of benzene rings is 2. The van der Waals surface area contributed by atoms with Crippen molar-refractivity contribution in [3.63, 3.8) is 0 Å². The molecule has 0 aliphatic carbocycles. The molecule has 26 heavy (non-hydrogen) atoms. The Kier molecular flexibility index (Phi) is 5.39. The predicted molar refractivity (Wildman–Crippen MR) is 102 cm³/mol. The van der Waals surface area contributed by atoms with Gasteiger partial charge in [-0.25, -0.2) is 4.98 Å². The number of aromatic nitrogens is 1. The number of hydrogen-bond acceptors (Lipinski definition) is 3. The standard InChI is InChI=1S/C21H19N3O2/c1-2-15-9-6-7-12-17(15)24-21(26)19-14-8-13-18(23-19)20(25)22-16-10-4-3-5-11-16/h3-14H,2H2,1H3,(H,22,25)(H,24,26). The third-order valence-electron chi connectivity index (χ3n) is 3.89. The molecule has 5 heteroatoms. The summed E-state index contributed by atoms with van der Waals surface area (Å²) < 4.78 is 0. The maximum Gasteiger partial charge on any atom is 0.274 e. The van der Waals surface area contributed by atoms with Crippen molar-refractivity contribution in [3.8, 4) is 0 Å². The van der Waals surface area contributed by atoms with Crippen LogP contribution in [0.5, 0.6) is 0 Å². The number of pyridine rings is 1. The lowest BCUT2D eigenvalue weighted by atomic mass is 10.1. The number of nitrogens with zero attached hydrogens (tertiary/aromatic N) is 1. The molecule has 5 nitrogen and oxygen atoms in total. The van der Waals surface area contributed by atoms with Gasteiger partial charge in [0.2, 0.25) is 0 Å². The minimum Gasteiger partial charge on any atom is -0.321 e. The Morgan fingerprint density at radius 1 is 0.769 bits per heavy atom. The monoisotopic (exact) mass is 345 g/mol. The Hall–Kier alpha value is -3.47. The predicted octanol–water partition coefficient (Wildman–Crippen LogP) is 4.15. The number of carbonyl (C=O) groups excluding carboxylic acids is 2. The lowest BCUT2D eigenvalue weighted by Gasteiger charge is -2.10. The van der Waals surface area contributed by atoms with Gasteiger partial charge in [-0.3, -0.25) is 9.59 Å². The Bertz CT molecular complexity index is 923. The highest BCUT2D eigenvalue weighted by Gasteiger charge is 2.13. The van der Waals surface area contributed by atoms with Gasteiger partial charge in [0, 0.05) is 11.4 Å². The van der Waals surface area contributed by atoms with Gasteiger partial charge in [-0.1, -0.05) is 49.4 Å². The second-order valence-electron chi connectivity index (χ2n) is 5.69. The van der Waals surface area contributed by atoms with Crippen LogP contribution in [-0.2, 0) is 6.42 Å². The number of aryl methyl sites for hydroxylation is 1. The SMILES string of the molecule is CCc1ccccc1NC(=O)c1cccc(C(=O)Nc2ccccc2)n1. The molecule has 0 aliphatic heterocycles. The van der Waals surface area contributed by atoms with E-state index in [2.05, 4.69) is 15.6 Å². The molecule has 0 spiro atoms. The first kappa shape index (κ1) is 17.4. The maximum atomic E-state index is 12.5. The average molecular weight is 345 g/mol. The molecule has 3 rings (SSSR count). The Morgan fingerprint density at radius 2 is 1.38 bits per heavy atom. The van der Waals surface area contributed by atoms with Crippen LogP contribution in [0.2, 0.25) is 0 Å². The molecule has 1 heterocycles. The van der Waals surface area contributed by atoms with Gasteiger partial charge in [-0.05, 0) is 42.3 Å². The van der Waals surface area contributed by atoms with Crippen molar-refractivity contribution in [2.24, 2.45) is 0 Å². The minimum atomic E-state index is -0.361. The molecule has 3 aromatic rings. The van der Waals surface area contributed by atoms with E-state index in [9.17, 15) is 9.59 Å². The summed E-state index contributed by atoms with van der Waals surface area (Å²) in [5, 5.41) is 5.62. The summed E-state index contributed by atoms with van der Waals surface area (Å²) in [7, 11) is 0. The van der Waals surface area contributed by atoms with Crippen molar-refractivity contribution in [2.45, 2.75) is 13.3 Å². The molecule has 0 unspecified atom stereocenters. The number of amides is 2. The number of nitrogens with one attached hydrogen (secondary N) is 2. The van der Waals surface area contributed by atoms with Crippen LogP contribution in [0.25, 0.3) is 0 Å². The lowest BCUT2D eigenvalue weighted by molar-refractivity contribution is 0.101. The van der Waals surface area contributed by atoms with Crippen molar-refractivity contribution < 1.29 is 9.59 Å². The second kappa shape index (κ2) is 8.07. The molecule has 0 atom stereocenters. The van der Waals surface area contributed by atoms with Crippen LogP contribution in [-0.4, -0.2) is 16.8 Å². The van der Waals surface area contributed by atoms with Crippen LogP contribution in [0.4, 0.5) is 11.4 Å². The minimum absolute atomic E-state index is 0.185. The first-order valence-corrected chi connectivity index (χ1v) is 8.40. The van der Waals surface area contributed by atoms with E-state index in [4.69, 9.17) is 0 Å². The summed E-state index contributed by atoms with van der Waals surface area (Å²) in [6.45, 7) is 2.03. The summed E-state index contributed by atoms with van der Waals surface area (Å²) in [6, 6.07) is 21.5. The molecular weight excluding hydrogens is 326 g/mol. The van der Waals surface area contributed by atoms with E-state index < -0.39 is 0 Å². The van der Waals surface area contributed by atoms with Crippen molar-refractivity contribution >= 4 is 23.2 Å². The van der Waals surface area contributed by atoms with Crippen LogP contribution in [0.3, 0.4) is 0 Å². The van der Waals surface area contributed by atoms with Crippen molar-refractivity contribution in [3.05, 3.63) is 89.7 Å². The van der Waals surface area contributed by atoms with Crippen LogP contribution < -0.4 is 10.6 Å². The zero-order valence-corrected chi connectivity index (χ0v) is 14.4. The van der Waals surface area contributed by atoms with Gasteiger partial charge < -0.3 is 10.6 Å². The van der Waals surface area contributed by atoms with E-state index in [0.717, 1.165) is 17.7 Å². The van der Waals surface area contributed by atoms with Gasteiger partial charge >= 0.3 is 0 Å². The number of rotatable bonds is 5. The summed E-state index contributed by atoms with van der Waals surface area (Å²) in [4.78, 5) is 29.0. The average Bonchev–Trinajstić information content (AvgIpc) is 2.69. The van der Waals surface area contributed by atoms with Gasteiger partial charge in [-0.2, -0.15) is 0 Å². The number of anilines is 2. The van der Waals surface area contributed by atoms with E-state index in [-0.39, 0.29) is 23.2 Å². The van der Waals surface area contributed by atoms with Gasteiger partial charge in [0.05, 0.1) is 0 Å². The van der Waals surface area contributed by atoms with Crippen LogP contribution in [0, 0.1) is 0 Å². The topological polar surface area (TPSA) is 71.1 Å². The zero-order chi connectivity index (χ0) is 18.4. The van der Waals surface area contributed by atoms with E-state index in [1.807, 2.05) is 49.4 Å². The first-order valence-electron chi connectivity index (χ1n) is 8.40. The molecule has 0 fully saturated rings. The first-order chi connectivity index (χ1) is 12.7. The van der Waals surface area contributed by atoms with E-state index in [0.29, 0.717) is 5.69 Å². The Morgan fingerprint density at radius 3 is 2.08 bits per heavy atom. The molecule has 2 N–H and O–H groups in total. The largest absolute Gasteiger partial charge is 0.321 e. The fraction of sp³-hybridized carbons (Fsp3) is 0.0952. The zero-order valence-electron chi connectivity index (χ0n) is 14.4. The van der Waals surface area contributed by atoms with Gasteiger partial charge in [-0.15, -0.1) is 0 Å². The third-order valence-corrected chi connectivity index (χ3v) is 3.89. The summed E-state index contributed by atoms with van der Waals surface area (Å²) in [6.07, 6.45) is 0.809. The van der Waals surface area contributed by atoms with Crippen LogP contribution in [0.15, 0.2) is 72.8 Å². The highest BCUT2D eigenvalue weighted by molar-refractivity contribution is 6.06. The van der Waals surface area contributed by atoms with Crippen LogP contribution in [0.1, 0.15) is 33.5 Å². The molecule has 0 saturated carbocycles. The van der Waals surface area contributed by atoms with Gasteiger partial charge in [0.1, 0.15) is 11.4 Å². The molecule has 0 bridgehead atoms. The fourth-order valence-corrected chi connectivity index (χ4v) is 2.54. The smallest absolute Gasteiger partial charge is 0.274 e. The highest BCUT2D eigenvalue weighted by Crippen LogP contribution is 2.16. The number of para-hydroxylation sites is 2. The molecule has 0 saturated heterocycles. The highest BCUT2D eigenvalue weighted by atomic mass is 16.2. The van der Waals surface area contributed by atoms with Crippen molar-refractivity contribution in [1.29, 1.82) is 0 Å². The van der Waals surface area contributed by atoms with Crippen LogP contribution >= 0.6 is 0 Å². The van der Waals surface area contributed by atoms with E-state index in [1.54, 1.807) is 30.3 Å². The molecular formula is C21H19N3O2. The molecule has 0 radical (unpaired) electrons. The summed E-state index contributed by atoms with van der Waals surface area (Å²) in [5.74, 6) is -0.708. The van der Waals surface area contributed by atoms with E-state index >= 15 is 0 Å². The van der Waals surface area contributed by atoms with Crippen molar-refractivity contribution in [2.75, 3.05) is 10.6 Å². The Balaban J connectivity index is 1.76. The van der Waals surface area contributed by atoms with Crippen molar-refractivity contribution in [1.82, 2.24) is 4.98 Å². The van der Waals surface area contributed by atoms with Gasteiger partial charge in [0.25, 0.3) is 11.8 Å². The summed E-state index contributed by atoms with van der Waals surface area (Å²) >= 11 is 0. The normalized spacial score (nSPS) is 10.2. The molecule has 2 aromatic carbocycles. The second-order valence-corrected chi connectivity index (χ2v) is 5.69. The third kappa shape index (κ3) is 4.13. The lowest BCUT2D eigenvalue weighted by Crippen LogP contribution is -2.19. The number of hydrogen-bond donors (Lipinski definition) is 2. The molecule has 1 aromatic heterocycles. The number of carbonyl (C=O) groups is 2.